The van der Waals surface area contributed by atoms with Crippen LogP contribution in [0.1, 0.15) is 67.9 Å². The fourth-order valence-electron chi connectivity index (χ4n) is 11.2. The molecule has 2 aromatic heterocycles. The summed E-state index contributed by atoms with van der Waals surface area (Å²) in [6.07, 6.45) is 5.96. The van der Waals surface area contributed by atoms with E-state index in [2.05, 4.69) is 204 Å². The molecule has 3 aliphatic carbocycles. The maximum atomic E-state index is 6.64. The Kier molecular flexibility index (Phi) is 7.28. The van der Waals surface area contributed by atoms with Crippen molar-refractivity contribution < 1.29 is 8.83 Å². The standard InChI is InChI=1S/C60H44O2/c1-59(2)51-27-37(35-11-7-5-8-12-35)15-21-43(51)45-23-17-39(29-53(45)59)41-19-25-47-49-33-50-48-26-20-42(32-56(48)62-58(50)34-57(49)61-55(47)31-41)40-18-24-46-44-22-16-38(36-13-9-6-10-14-36)28-52(44)60(3,4)54(46)30-40/h5-17,19-34,40H,18H2,1-4H3. The van der Waals surface area contributed by atoms with Gasteiger partial charge in [0.2, 0.25) is 0 Å². The SMILES string of the molecule is CC1(C)C2=CC(c3ccc4c(c3)oc3cc5oc6cc(-c7ccc8c(c7)C(C)(C)c7cc(-c9ccccc9)ccc7-8)ccc6c5cc34)CC=C2c2ccc(-c3ccccc3)cc21. The van der Waals surface area contributed by atoms with Gasteiger partial charge in [0.1, 0.15) is 22.3 Å². The van der Waals surface area contributed by atoms with E-state index in [0.29, 0.717) is 0 Å². The molecule has 1 unspecified atom stereocenters. The van der Waals surface area contributed by atoms with Gasteiger partial charge in [-0.15, -0.1) is 0 Å². The molecule has 0 saturated carbocycles. The van der Waals surface area contributed by atoms with Crippen LogP contribution in [0.25, 0.3) is 94.0 Å². The second-order valence-corrected chi connectivity index (χ2v) is 18.8. The van der Waals surface area contributed by atoms with Crippen molar-refractivity contribution in [3.63, 3.8) is 0 Å². The highest BCUT2D eigenvalue weighted by atomic mass is 16.3. The first-order valence-corrected chi connectivity index (χ1v) is 22.0. The molecule has 0 N–H and O–H groups in total. The number of hydrogen-bond donors (Lipinski definition) is 0. The van der Waals surface area contributed by atoms with Gasteiger partial charge in [-0.3, -0.25) is 0 Å². The van der Waals surface area contributed by atoms with E-state index in [0.717, 1.165) is 55.9 Å². The summed E-state index contributed by atoms with van der Waals surface area (Å²) in [5.74, 6) is 0.280. The van der Waals surface area contributed by atoms with Crippen LogP contribution < -0.4 is 0 Å². The topological polar surface area (TPSA) is 26.3 Å². The second kappa shape index (κ2) is 12.7. The molecule has 2 nitrogen and oxygen atoms in total. The zero-order chi connectivity index (χ0) is 41.5. The van der Waals surface area contributed by atoms with Gasteiger partial charge in [-0.1, -0.05) is 155 Å². The highest BCUT2D eigenvalue weighted by Gasteiger charge is 2.40. The normalized spacial score (nSPS) is 16.9. The molecule has 2 heterocycles. The van der Waals surface area contributed by atoms with Crippen LogP contribution in [0.15, 0.2) is 190 Å². The van der Waals surface area contributed by atoms with Crippen LogP contribution in [-0.2, 0) is 10.8 Å². The van der Waals surface area contributed by atoms with Gasteiger partial charge in [-0.05, 0) is 132 Å². The molecule has 0 aliphatic heterocycles. The lowest BCUT2D eigenvalue weighted by Gasteiger charge is -2.27. The molecular formula is C60H44O2. The van der Waals surface area contributed by atoms with Crippen molar-refractivity contribution in [3.8, 4) is 44.5 Å². The number of benzene rings is 8. The molecule has 62 heavy (non-hydrogen) atoms. The van der Waals surface area contributed by atoms with Crippen LogP contribution in [0.5, 0.6) is 0 Å². The quantitative estimate of drug-likeness (QED) is 0.177. The molecule has 0 bridgehead atoms. The Labute approximate surface area is 361 Å². The van der Waals surface area contributed by atoms with Crippen molar-refractivity contribution >= 4 is 49.5 Å². The van der Waals surface area contributed by atoms with Gasteiger partial charge < -0.3 is 8.83 Å². The fraction of sp³-hybridized carbons (Fsp3) is 0.133. The summed E-state index contributed by atoms with van der Waals surface area (Å²) in [7, 11) is 0. The van der Waals surface area contributed by atoms with Gasteiger partial charge in [-0.25, -0.2) is 0 Å². The Bertz CT molecular complexity index is 3590. The molecule has 10 aromatic rings. The van der Waals surface area contributed by atoms with E-state index in [-0.39, 0.29) is 16.7 Å². The monoisotopic (exact) mass is 796 g/mol. The van der Waals surface area contributed by atoms with E-state index >= 15 is 0 Å². The van der Waals surface area contributed by atoms with Gasteiger partial charge in [0, 0.05) is 44.4 Å². The number of hydrogen-bond acceptors (Lipinski definition) is 2. The smallest absolute Gasteiger partial charge is 0.139 e. The maximum Gasteiger partial charge on any atom is 0.139 e. The zero-order valence-corrected chi connectivity index (χ0v) is 35.3. The molecule has 0 spiro atoms. The summed E-state index contributed by atoms with van der Waals surface area (Å²) in [6, 6.07) is 60.2. The molecule has 0 saturated heterocycles. The first-order valence-electron chi connectivity index (χ1n) is 22.0. The number of furan rings is 2. The van der Waals surface area contributed by atoms with Gasteiger partial charge in [0.25, 0.3) is 0 Å². The Morgan fingerprint density at radius 1 is 0.403 bits per heavy atom. The van der Waals surface area contributed by atoms with Crippen LogP contribution in [0, 0.1) is 0 Å². The van der Waals surface area contributed by atoms with E-state index in [4.69, 9.17) is 8.83 Å². The molecule has 0 fully saturated rings. The minimum atomic E-state index is -0.117. The first kappa shape index (κ1) is 35.6. The van der Waals surface area contributed by atoms with Gasteiger partial charge in [-0.2, -0.15) is 0 Å². The maximum absolute atomic E-state index is 6.64. The summed E-state index contributed by atoms with van der Waals surface area (Å²) < 4.78 is 13.3. The average Bonchev–Trinajstić information content (AvgIpc) is 3.99. The average molecular weight is 797 g/mol. The van der Waals surface area contributed by atoms with Crippen molar-refractivity contribution in [2.75, 3.05) is 0 Å². The molecule has 3 aliphatic rings. The van der Waals surface area contributed by atoms with Crippen LogP contribution in [-0.4, -0.2) is 0 Å². The highest BCUT2D eigenvalue weighted by molar-refractivity contribution is 6.15. The molecule has 8 aromatic carbocycles. The van der Waals surface area contributed by atoms with Gasteiger partial charge >= 0.3 is 0 Å². The van der Waals surface area contributed by atoms with Gasteiger partial charge in [0.15, 0.2) is 0 Å². The Morgan fingerprint density at radius 3 is 1.50 bits per heavy atom. The largest absolute Gasteiger partial charge is 0.456 e. The molecule has 0 amide bonds. The summed E-state index contributed by atoms with van der Waals surface area (Å²) in [5.41, 5.74) is 23.0. The lowest BCUT2D eigenvalue weighted by atomic mass is 9.77. The van der Waals surface area contributed by atoms with Crippen LogP contribution in [0.2, 0.25) is 0 Å². The second-order valence-electron chi connectivity index (χ2n) is 18.8. The van der Waals surface area contributed by atoms with Crippen molar-refractivity contribution in [2.45, 2.75) is 50.9 Å². The molecule has 2 heteroatoms. The summed E-state index contributed by atoms with van der Waals surface area (Å²) in [5, 5.41) is 4.48. The van der Waals surface area contributed by atoms with Crippen molar-refractivity contribution in [3.05, 3.63) is 209 Å². The minimum Gasteiger partial charge on any atom is -0.456 e. The summed E-state index contributed by atoms with van der Waals surface area (Å²) >= 11 is 0. The van der Waals surface area contributed by atoms with E-state index in [1.54, 1.807) is 0 Å². The van der Waals surface area contributed by atoms with E-state index in [1.165, 1.54) is 77.9 Å². The first-order chi connectivity index (χ1) is 30.2. The lowest BCUT2D eigenvalue weighted by molar-refractivity contribution is 0.647. The molecule has 1 atom stereocenters. The summed E-state index contributed by atoms with van der Waals surface area (Å²) in [4.78, 5) is 0. The van der Waals surface area contributed by atoms with E-state index < -0.39 is 0 Å². The van der Waals surface area contributed by atoms with Crippen molar-refractivity contribution in [1.82, 2.24) is 0 Å². The number of rotatable bonds is 4. The van der Waals surface area contributed by atoms with E-state index in [9.17, 15) is 0 Å². The van der Waals surface area contributed by atoms with Crippen molar-refractivity contribution in [2.24, 2.45) is 0 Å². The third kappa shape index (κ3) is 5.10. The Hall–Kier alpha value is -7.16. The third-order valence-corrected chi connectivity index (χ3v) is 14.6. The predicted octanol–water partition coefficient (Wildman–Crippen LogP) is 16.6. The number of allylic oxidation sites excluding steroid dienone is 4. The van der Waals surface area contributed by atoms with Crippen molar-refractivity contribution in [1.29, 1.82) is 0 Å². The van der Waals surface area contributed by atoms with Gasteiger partial charge in [0.05, 0.1) is 0 Å². The lowest BCUT2D eigenvalue weighted by Crippen LogP contribution is -2.17. The molecular weight excluding hydrogens is 753 g/mol. The Balaban J connectivity index is 0.809. The minimum absolute atomic E-state index is 0.0793. The molecule has 13 rings (SSSR count). The molecule has 296 valence electrons. The fourth-order valence-corrected chi connectivity index (χ4v) is 11.2. The Morgan fingerprint density at radius 2 is 0.887 bits per heavy atom. The summed E-state index contributed by atoms with van der Waals surface area (Å²) in [6.45, 7) is 9.48. The third-order valence-electron chi connectivity index (χ3n) is 14.6. The zero-order valence-electron chi connectivity index (χ0n) is 35.3. The van der Waals surface area contributed by atoms with E-state index in [1.807, 2.05) is 0 Å². The van der Waals surface area contributed by atoms with Crippen LogP contribution >= 0.6 is 0 Å². The number of fused-ring (bicyclic) bond motifs is 12. The highest BCUT2D eigenvalue weighted by Crippen LogP contribution is 2.54. The molecule has 0 radical (unpaired) electrons. The van der Waals surface area contributed by atoms with Crippen LogP contribution in [0.4, 0.5) is 0 Å². The van der Waals surface area contributed by atoms with Crippen LogP contribution in [0.3, 0.4) is 0 Å². The predicted molar refractivity (Wildman–Crippen MR) is 258 cm³/mol.